The maximum atomic E-state index is 11.4. The number of H-pyrrole nitrogens is 2. The Bertz CT molecular complexity index is 1480. The van der Waals surface area contributed by atoms with Crippen molar-refractivity contribution in [3.05, 3.63) is 98.5 Å². The third kappa shape index (κ3) is 5.23. The lowest BCUT2D eigenvalue weighted by atomic mass is 10.0. The largest absolute Gasteiger partial charge is 0.361 e. The Morgan fingerprint density at radius 1 is 1.19 bits per heavy atom. The predicted octanol–water partition coefficient (Wildman–Crippen LogP) is 6.33. The van der Waals surface area contributed by atoms with E-state index in [2.05, 4.69) is 60.0 Å². The van der Waals surface area contributed by atoms with Crippen LogP contribution < -0.4 is 5.48 Å². The summed E-state index contributed by atoms with van der Waals surface area (Å²) >= 11 is 6.20. The standard InChI is InChI=1S/C30H33ClN4O2/c1-18-19(2)28(33-20(18)3)17-35(13-12-23-16-32-27-15-24(31)7-9-25(23)27)29-10-6-22-14-21(4-8-26(22)29)5-11-30(36)34-37/h4-5,7-9,11,14-16,29,32-33,37H,6,10,12-13,17H2,1-3H3,(H,34,36). The molecule has 0 bridgehead atoms. The van der Waals surface area contributed by atoms with Crippen molar-refractivity contribution in [2.24, 2.45) is 0 Å². The number of nitrogens with zero attached hydrogens (tertiary/aromatic N) is 1. The fraction of sp³-hybridized carbons (Fsp3) is 0.300. The van der Waals surface area contributed by atoms with Crippen molar-refractivity contribution in [3.63, 3.8) is 0 Å². The molecule has 1 unspecified atom stereocenters. The molecule has 0 fully saturated rings. The first-order valence-electron chi connectivity index (χ1n) is 12.7. The highest BCUT2D eigenvalue weighted by molar-refractivity contribution is 6.31. The number of aromatic amines is 2. The Labute approximate surface area is 222 Å². The monoisotopic (exact) mass is 516 g/mol. The molecule has 4 aromatic rings. The van der Waals surface area contributed by atoms with Crippen LogP contribution in [0.5, 0.6) is 0 Å². The molecule has 0 aliphatic heterocycles. The molecule has 0 spiro atoms. The molecule has 1 aliphatic rings. The molecule has 1 aliphatic carbocycles. The number of aromatic nitrogens is 2. The third-order valence-electron chi connectivity index (χ3n) is 7.87. The summed E-state index contributed by atoms with van der Waals surface area (Å²) in [6, 6.07) is 12.8. The minimum atomic E-state index is -0.531. The van der Waals surface area contributed by atoms with Crippen LogP contribution >= 0.6 is 11.6 Å². The molecule has 192 valence electrons. The summed E-state index contributed by atoms with van der Waals surface area (Å²) in [5.74, 6) is -0.531. The molecule has 2 aromatic carbocycles. The van der Waals surface area contributed by atoms with Crippen LogP contribution in [0.15, 0.2) is 48.7 Å². The SMILES string of the molecule is Cc1[nH]c(CN(CCc2c[nH]c3cc(Cl)ccc23)C2CCc3cc(C=CC(=O)NO)ccc32)c(C)c1C. The van der Waals surface area contributed by atoms with Gasteiger partial charge in [0.05, 0.1) is 0 Å². The van der Waals surface area contributed by atoms with E-state index in [1.807, 2.05) is 18.2 Å². The van der Waals surface area contributed by atoms with Gasteiger partial charge in [-0.3, -0.25) is 14.9 Å². The highest BCUT2D eigenvalue weighted by Gasteiger charge is 2.29. The lowest BCUT2D eigenvalue weighted by Crippen LogP contribution is -2.30. The third-order valence-corrected chi connectivity index (χ3v) is 8.10. The van der Waals surface area contributed by atoms with Crippen LogP contribution in [0.2, 0.25) is 5.02 Å². The van der Waals surface area contributed by atoms with Gasteiger partial charge in [0.25, 0.3) is 5.91 Å². The molecule has 0 saturated carbocycles. The molecule has 0 saturated heterocycles. The molecule has 4 N–H and O–H groups in total. The molecule has 1 amide bonds. The maximum absolute atomic E-state index is 11.4. The first-order chi connectivity index (χ1) is 17.8. The van der Waals surface area contributed by atoms with E-state index >= 15 is 0 Å². The van der Waals surface area contributed by atoms with E-state index in [4.69, 9.17) is 16.8 Å². The van der Waals surface area contributed by atoms with Gasteiger partial charge in [-0.25, -0.2) is 5.48 Å². The van der Waals surface area contributed by atoms with Crippen molar-refractivity contribution < 1.29 is 10.0 Å². The first-order valence-corrected chi connectivity index (χ1v) is 13.1. The molecule has 1 atom stereocenters. The average Bonchev–Trinajstić information content (AvgIpc) is 3.57. The van der Waals surface area contributed by atoms with E-state index in [1.54, 1.807) is 11.6 Å². The lowest BCUT2D eigenvalue weighted by molar-refractivity contribution is -0.124. The normalized spacial score (nSPS) is 15.2. The second-order valence-corrected chi connectivity index (χ2v) is 10.5. The van der Waals surface area contributed by atoms with Gasteiger partial charge in [-0.2, -0.15) is 0 Å². The van der Waals surface area contributed by atoms with E-state index in [-0.39, 0.29) is 0 Å². The molecule has 2 heterocycles. The average molecular weight is 517 g/mol. The van der Waals surface area contributed by atoms with Crippen molar-refractivity contribution >= 4 is 34.5 Å². The van der Waals surface area contributed by atoms with Gasteiger partial charge < -0.3 is 9.97 Å². The summed E-state index contributed by atoms with van der Waals surface area (Å²) in [4.78, 5) is 21.0. The number of hydrogen-bond donors (Lipinski definition) is 4. The quantitative estimate of drug-likeness (QED) is 0.125. The molecule has 7 heteroatoms. The van der Waals surface area contributed by atoms with E-state index in [1.165, 1.54) is 50.7 Å². The summed E-state index contributed by atoms with van der Waals surface area (Å²) in [6.45, 7) is 8.32. The number of carbonyl (C=O) groups is 1. The summed E-state index contributed by atoms with van der Waals surface area (Å²) < 4.78 is 0. The molecule has 2 aromatic heterocycles. The Hall–Kier alpha value is -3.32. The minimum absolute atomic E-state index is 0.316. The summed E-state index contributed by atoms with van der Waals surface area (Å²) in [6.07, 6.45) is 8.17. The van der Waals surface area contributed by atoms with E-state index < -0.39 is 5.91 Å². The van der Waals surface area contributed by atoms with Gasteiger partial charge in [-0.1, -0.05) is 35.9 Å². The van der Waals surface area contributed by atoms with Crippen LogP contribution in [-0.4, -0.2) is 32.5 Å². The Morgan fingerprint density at radius 3 is 2.78 bits per heavy atom. The Balaban J connectivity index is 1.42. The Kier molecular flexibility index (Phi) is 7.24. The van der Waals surface area contributed by atoms with Gasteiger partial charge in [0.2, 0.25) is 0 Å². The van der Waals surface area contributed by atoms with Crippen molar-refractivity contribution in [3.8, 4) is 0 Å². The molecular formula is C30H33ClN4O2. The molecule has 0 radical (unpaired) electrons. The van der Waals surface area contributed by atoms with Gasteiger partial charge in [-0.15, -0.1) is 0 Å². The second-order valence-electron chi connectivity index (χ2n) is 10.0. The highest BCUT2D eigenvalue weighted by atomic mass is 35.5. The minimum Gasteiger partial charge on any atom is -0.361 e. The van der Waals surface area contributed by atoms with Crippen LogP contribution in [0.4, 0.5) is 0 Å². The van der Waals surface area contributed by atoms with Crippen molar-refractivity contribution in [2.75, 3.05) is 6.54 Å². The smallest absolute Gasteiger partial charge is 0.267 e. The van der Waals surface area contributed by atoms with E-state index in [9.17, 15) is 4.79 Å². The Morgan fingerprint density at radius 2 is 2.03 bits per heavy atom. The molecule has 5 rings (SSSR count). The number of benzene rings is 2. The van der Waals surface area contributed by atoms with Crippen LogP contribution in [0, 0.1) is 20.8 Å². The summed E-state index contributed by atoms with van der Waals surface area (Å²) in [7, 11) is 0. The van der Waals surface area contributed by atoms with E-state index in [0.717, 1.165) is 48.5 Å². The van der Waals surface area contributed by atoms with Crippen LogP contribution in [0.1, 0.15) is 57.2 Å². The number of carbonyl (C=O) groups excluding carboxylic acids is 1. The highest BCUT2D eigenvalue weighted by Crippen LogP contribution is 2.38. The topological polar surface area (TPSA) is 84.2 Å². The van der Waals surface area contributed by atoms with Crippen LogP contribution in [-0.2, 0) is 24.2 Å². The van der Waals surface area contributed by atoms with E-state index in [0.29, 0.717) is 6.04 Å². The summed E-state index contributed by atoms with van der Waals surface area (Å²) in [5, 5.41) is 10.7. The zero-order valence-electron chi connectivity index (χ0n) is 21.5. The van der Waals surface area contributed by atoms with Crippen molar-refractivity contribution in [1.29, 1.82) is 0 Å². The zero-order chi connectivity index (χ0) is 26.1. The van der Waals surface area contributed by atoms with Crippen LogP contribution in [0.3, 0.4) is 0 Å². The number of nitrogens with one attached hydrogen (secondary N) is 3. The predicted molar refractivity (Wildman–Crippen MR) is 149 cm³/mol. The van der Waals surface area contributed by atoms with Gasteiger partial charge in [-0.05, 0) is 91.6 Å². The number of hydrogen-bond acceptors (Lipinski definition) is 3. The number of halogens is 1. The van der Waals surface area contributed by atoms with Gasteiger partial charge >= 0.3 is 0 Å². The first kappa shape index (κ1) is 25.3. The van der Waals surface area contributed by atoms with Gasteiger partial charge in [0.1, 0.15) is 0 Å². The molecular weight excluding hydrogens is 484 g/mol. The number of fused-ring (bicyclic) bond motifs is 2. The van der Waals surface area contributed by atoms with Crippen molar-refractivity contribution in [1.82, 2.24) is 20.3 Å². The van der Waals surface area contributed by atoms with Crippen LogP contribution in [0.25, 0.3) is 17.0 Å². The summed E-state index contributed by atoms with van der Waals surface area (Å²) in [5.41, 5.74) is 12.8. The fourth-order valence-corrected chi connectivity index (χ4v) is 5.74. The van der Waals surface area contributed by atoms with Gasteiger partial charge in [0.15, 0.2) is 0 Å². The zero-order valence-corrected chi connectivity index (χ0v) is 22.2. The number of amides is 1. The second kappa shape index (κ2) is 10.6. The molecule has 6 nitrogen and oxygen atoms in total. The maximum Gasteiger partial charge on any atom is 0.267 e. The lowest BCUT2D eigenvalue weighted by Gasteiger charge is -2.30. The van der Waals surface area contributed by atoms with Crippen molar-refractivity contribution in [2.45, 2.75) is 52.6 Å². The fourth-order valence-electron chi connectivity index (χ4n) is 5.56. The number of rotatable bonds is 8. The number of aryl methyl sites for hydroxylation is 2. The van der Waals surface area contributed by atoms with Gasteiger partial charge in [0, 0.05) is 58.7 Å². The molecule has 37 heavy (non-hydrogen) atoms. The number of hydroxylamine groups is 1.